The predicted octanol–water partition coefficient (Wildman–Crippen LogP) is 2.92. The van der Waals surface area contributed by atoms with Gasteiger partial charge in [0.2, 0.25) is 5.91 Å². The molecule has 0 spiro atoms. The number of halogens is 1. The van der Waals surface area contributed by atoms with Crippen molar-refractivity contribution in [3.05, 3.63) is 65.5 Å². The number of aryl methyl sites for hydroxylation is 1. The maximum atomic E-state index is 13.6. The summed E-state index contributed by atoms with van der Waals surface area (Å²) in [5.41, 5.74) is 1.42. The van der Waals surface area contributed by atoms with Crippen LogP contribution in [0.15, 0.2) is 48.5 Å². The smallest absolute Gasteiger partial charge is 0.321 e. The lowest BCUT2D eigenvalue weighted by Crippen LogP contribution is -2.47. The Kier molecular flexibility index (Phi) is 7.59. The molecule has 1 heterocycles. The number of urea groups is 1. The van der Waals surface area contributed by atoms with E-state index in [9.17, 15) is 18.8 Å². The van der Waals surface area contributed by atoms with Crippen molar-refractivity contribution in [3.63, 3.8) is 0 Å². The van der Waals surface area contributed by atoms with Gasteiger partial charge in [-0.2, -0.15) is 0 Å². The van der Waals surface area contributed by atoms with Crippen LogP contribution in [-0.2, 0) is 4.79 Å². The normalized spacial score (nSPS) is 15.8. The molecule has 1 fully saturated rings. The fourth-order valence-electron chi connectivity index (χ4n) is 3.44. The second-order valence-electron chi connectivity index (χ2n) is 7.59. The van der Waals surface area contributed by atoms with Crippen molar-refractivity contribution in [1.29, 1.82) is 0 Å². The summed E-state index contributed by atoms with van der Waals surface area (Å²) in [5, 5.41) is 8.31. The van der Waals surface area contributed by atoms with Gasteiger partial charge in [-0.25, -0.2) is 9.18 Å². The molecule has 164 valence electrons. The van der Waals surface area contributed by atoms with Crippen LogP contribution in [0.4, 0.5) is 14.9 Å². The molecule has 3 N–H and O–H groups in total. The molecule has 1 atom stereocenters. The Hall–Kier alpha value is -3.42. The number of likely N-dealkylation sites (tertiary alicyclic amines) is 1. The molecule has 7 nitrogen and oxygen atoms in total. The van der Waals surface area contributed by atoms with E-state index in [4.69, 9.17) is 0 Å². The van der Waals surface area contributed by atoms with Gasteiger partial charge in [0.05, 0.1) is 5.92 Å². The van der Waals surface area contributed by atoms with E-state index >= 15 is 0 Å². The highest BCUT2D eigenvalue weighted by Gasteiger charge is 2.28. The summed E-state index contributed by atoms with van der Waals surface area (Å²) in [4.78, 5) is 38.7. The minimum absolute atomic E-state index is 0.146. The van der Waals surface area contributed by atoms with E-state index in [1.165, 1.54) is 6.07 Å². The molecule has 1 unspecified atom stereocenters. The van der Waals surface area contributed by atoms with Crippen LogP contribution in [0.1, 0.15) is 28.8 Å². The summed E-state index contributed by atoms with van der Waals surface area (Å²) in [5.74, 6) is -1.27. The molecule has 3 rings (SSSR count). The van der Waals surface area contributed by atoms with Gasteiger partial charge in [0, 0.05) is 37.4 Å². The summed E-state index contributed by atoms with van der Waals surface area (Å²) in [7, 11) is 0. The van der Waals surface area contributed by atoms with Crippen LogP contribution in [0.3, 0.4) is 0 Å². The van der Waals surface area contributed by atoms with Crippen molar-refractivity contribution < 1.29 is 18.8 Å². The van der Waals surface area contributed by atoms with Gasteiger partial charge in [0.15, 0.2) is 0 Å². The molecule has 4 amide bonds. The van der Waals surface area contributed by atoms with Gasteiger partial charge in [0.25, 0.3) is 5.91 Å². The summed E-state index contributed by atoms with van der Waals surface area (Å²) in [6.07, 6.45) is 1.45. The van der Waals surface area contributed by atoms with Gasteiger partial charge in [-0.3, -0.25) is 9.59 Å². The lowest BCUT2D eigenvalue weighted by atomic mass is 9.97. The average Bonchev–Trinajstić information content (AvgIpc) is 2.79. The number of benzene rings is 2. The van der Waals surface area contributed by atoms with E-state index in [0.717, 1.165) is 6.42 Å². The van der Waals surface area contributed by atoms with Crippen LogP contribution < -0.4 is 16.0 Å². The van der Waals surface area contributed by atoms with Crippen molar-refractivity contribution in [3.8, 4) is 0 Å². The Labute approximate surface area is 181 Å². The van der Waals surface area contributed by atoms with E-state index in [1.807, 2.05) is 30.3 Å². The number of carbonyl (C=O) groups is 3. The van der Waals surface area contributed by atoms with Crippen molar-refractivity contribution in [2.75, 3.05) is 31.5 Å². The number of carbonyl (C=O) groups excluding carboxylic acids is 3. The maximum Gasteiger partial charge on any atom is 0.321 e. The Bertz CT molecular complexity index is 936. The molecule has 1 saturated heterocycles. The first-order valence-electron chi connectivity index (χ1n) is 10.4. The van der Waals surface area contributed by atoms with Crippen molar-refractivity contribution in [2.24, 2.45) is 5.92 Å². The third-order valence-corrected chi connectivity index (χ3v) is 5.25. The monoisotopic (exact) mass is 426 g/mol. The van der Waals surface area contributed by atoms with Crippen LogP contribution in [-0.4, -0.2) is 48.9 Å². The molecule has 1 aliphatic heterocycles. The van der Waals surface area contributed by atoms with Crippen LogP contribution in [0.2, 0.25) is 0 Å². The van der Waals surface area contributed by atoms with E-state index < -0.39 is 11.7 Å². The topological polar surface area (TPSA) is 90.5 Å². The van der Waals surface area contributed by atoms with Crippen LogP contribution in [0.5, 0.6) is 0 Å². The highest BCUT2D eigenvalue weighted by molar-refractivity contribution is 5.94. The molecule has 0 aliphatic carbocycles. The van der Waals surface area contributed by atoms with Crippen LogP contribution >= 0.6 is 0 Å². The zero-order valence-corrected chi connectivity index (χ0v) is 17.5. The molecule has 8 heteroatoms. The number of rotatable bonds is 6. The third kappa shape index (κ3) is 6.28. The molecule has 0 radical (unpaired) electrons. The molecule has 0 saturated carbocycles. The van der Waals surface area contributed by atoms with E-state index in [2.05, 4.69) is 16.0 Å². The second-order valence-corrected chi connectivity index (χ2v) is 7.59. The zero-order chi connectivity index (χ0) is 22.2. The minimum atomic E-state index is -0.431. The van der Waals surface area contributed by atoms with Crippen LogP contribution in [0, 0.1) is 18.7 Å². The summed E-state index contributed by atoms with van der Waals surface area (Å²) in [6.45, 7) is 3.06. The van der Waals surface area contributed by atoms with E-state index in [1.54, 1.807) is 24.0 Å². The first-order valence-corrected chi connectivity index (χ1v) is 10.4. The largest absolute Gasteiger partial charge is 0.354 e. The summed E-state index contributed by atoms with van der Waals surface area (Å²) in [6, 6.07) is 13.3. The van der Waals surface area contributed by atoms with Gasteiger partial charge in [0.1, 0.15) is 5.82 Å². The van der Waals surface area contributed by atoms with Gasteiger partial charge >= 0.3 is 6.03 Å². The van der Waals surface area contributed by atoms with Crippen molar-refractivity contribution >= 4 is 23.5 Å². The molecular weight excluding hydrogens is 399 g/mol. The zero-order valence-electron chi connectivity index (χ0n) is 17.5. The first-order chi connectivity index (χ1) is 14.9. The second kappa shape index (κ2) is 10.6. The van der Waals surface area contributed by atoms with Crippen molar-refractivity contribution in [2.45, 2.75) is 19.8 Å². The number of amides is 4. The number of hydrogen-bond acceptors (Lipinski definition) is 3. The summed E-state index contributed by atoms with van der Waals surface area (Å²) >= 11 is 0. The van der Waals surface area contributed by atoms with Crippen LogP contribution in [0.25, 0.3) is 0 Å². The molecular formula is C23H27FN4O3. The Morgan fingerprint density at radius 1 is 1.06 bits per heavy atom. The SMILES string of the molecule is Cc1ccc(C(=O)NCCNC(=O)C2CCCN(C(=O)Nc3ccccc3)C2)cc1F. The number of para-hydroxylation sites is 1. The molecule has 1 aliphatic rings. The van der Waals surface area contributed by atoms with Crippen molar-refractivity contribution in [1.82, 2.24) is 15.5 Å². The minimum Gasteiger partial charge on any atom is -0.354 e. The maximum absolute atomic E-state index is 13.6. The number of piperidine rings is 1. The average molecular weight is 426 g/mol. The quantitative estimate of drug-likeness (QED) is 0.621. The number of nitrogens with zero attached hydrogens (tertiary/aromatic N) is 1. The standard InChI is InChI=1S/C23H27FN4O3/c1-16-9-10-17(14-20(16)24)21(29)25-11-12-26-22(30)18-6-5-13-28(15-18)23(31)27-19-7-3-2-4-8-19/h2-4,7-10,14,18H,5-6,11-13,15H2,1H3,(H,25,29)(H,26,30)(H,27,31). The third-order valence-electron chi connectivity index (χ3n) is 5.25. The van der Waals surface area contributed by atoms with E-state index in [-0.39, 0.29) is 36.5 Å². The number of nitrogens with one attached hydrogen (secondary N) is 3. The molecule has 2 aromatic carbocycles. The fraction of sp³-hybridized carbons (Fsp3) is 0.348. The van der Waals surface area contributed by atoms with Gasteiger partial charge in [-0.05, 0) is 49.6 Å². The fourth-order valence-corrected chi connectivity index (χ4v) is 3.44. The highest BCUT2D eigenvalue weighted by atomic mass is 19.1. The number of anilines is 1. The van der Waals surface area contributed by atoms with E-state index in [0.29, 0.717) is 30.8 Å². The Morgan fingerprint density at radius 3 is 2.55 bits per heavy atom. The lowest BCUT2D eigenvalue weighted by molar-refractivity contribution is -0.126. The molecule has 0 bridgehead atoms. The lowest BCUT2D eigenvalue weighted by Gasteiger charge is -2.32. The molecule has 0 aromatic heterocycles. The first kappa shape index (κ1) is 22.3. The highest BCUT2D eigenvalue weighted by Crippen LogP contribution is 2.18. The Morgan fingerprint density at radius 2 is 1.81 bits per heavy atom. The van der Waals surface area contributed by atoms with Gasteiger partial charge < -0.3 is 20.9 Å². The van der Waals surface area contributed by atoms with Gasteiger partial charge in [-0.15, -0.1) is 0 Å². The summed E-state index contributed by atoms with van der Waals surface area (Å²) < 4.78 is 13.6. The van der Waals surface area contributed by atoms with Gasteiger partial charge in [-0.1, -0.05) is 24.3 Å². The predicted molar refractivity (Wildman–Crippen MR) is 116 cm³/mol. The molecule has 2 aromatic rings. The number of hydrogen-bond donors (Lipinski definition) is 3. The molecule has 31 heavy (non-hydrogen) atoms. The Balaban J connectivity index is 1.41.